The first kappa shape index (κ1) is 23.4. The first-order chi connectivity index (χ1) is 18.6. The summed E-state index contributed by atoms with van der Waals surface area (Å²) in [7, 11) is 4.07. The highest BCUT2D eigenvalue weighted by Gasteiger charge is 2.13. The Balaban J connectivity index is 1.57. The topological polar surface area (TPSA) is 46.4 Å². The van der Waals surface area contributed by atoms with Crippen molar-refractivity contribution in [3.8, 4) is 56.2 Å². The van der Waals surface area contributed by atoms with Gasteiger partial charge in [0.05, 0.1) is 22.8 Å². The van der Waals surface area contributed by atoms with E-state index in [-0.39, 0.29) is 0 Å². The number of aromatic nitrogens is 5. The van der Waals surface area contributed by atoms with E-state index in [4.69, 9.17) is 4.98 Å². The summed E-state index contributed by atoms with van der Waals surface area (Å²) in [5.41, 5.74) is 10.1. The van der Waals surface area contributed by atoms with E-state index in [1.165, 1.54) is 0 Å². The molecule has 1 aromatic carbocycles. The maximum absolute atomic E-state index is 4.95. The minimum atomic E-state index is 0.814. The molecule has 0 saturated carbocycles. The van der Waals surface area contributed by atoms with E-state index >= 15 is 0 Å². The van der Waals surface area contributed by atoms with Gasteiger partial charge in [-0.15, -0.1) is 0 Å². The number of pyridine rings is 5. The lowest BCUT2D eigenvalue weighted by Gasteiger charge is -2.13. The predicted octanol–water partition coefficient (Wildman–Crippen LogP) is 5.86. The Labute approximate surface area is 222 Å². The summed E-state index contributed by atoms with van der Waals surface area (Å²) >= 11 is 0. The summed E-state index contributed by atoms with van der Waals surface area (Å²) in [6.45, 7) is 0. The van der Waals surface area contributed by atoms with E-state index in [0.717, 1.165) is 56.2 Å². The fraction of sp³-hybridized carbons (Fsp3) is 0.0606. The molecule has 5 heterocycles. The Morgan fingerprint density at radius 2 is 0.816 bits per heavy atom. The van der Waals surface area contributed by atoms with Crippen LogP contribution in [0.2, 0.25) is 0 Å². The number of benzene rings is 1. The summed E-state index contributed by atoms with van der Waals surface area (Å²) in [6, 6.07) is 31.4. The van der Waals surface area contributed by atoms with Crippen LogP contribution in [0.25, 0.3) is 56.2 Å². The van der Waals surface area contributed by atoms with Crippen molar-refractivity contribution in [2.45, 2.75) is 0 Å². The smallest absolute Gasteiger partial charge is 0.169 e. The zero-order valence-corrected chi connectivity index (χ0v) is 21.4. The molecule has 182 valence electrons. The number of nitrogens with zero attached hydrogens (tertiary/aromatic N) is 5. The van der Waals surface area contributed by atoms with Gasteiger partial charge >= 0.3 is 0 Å². The Hall–Kier alpha value is -5.03. The molecule has 0 spiro atoms. The second-order valence-corrected chi connectivity index (χ2v) is 9.36. The van der Waals surface area contributed by atoms with E-state index in [2.05, 4.69) is 89.4 Å². The van der Waals surface area contributed by atoms with Crippen molar-refractivity contribution in [1.82, 2.24) is 15.0 Å². The predicted molar refractivity (Wildman–Crippen MR) is 149 cm³/mol. The standard InChI is InChI=1S/C33H27N5/c1-37-15-9-24(10-16-37)26-19-27(25-11-17-38(2)18-12-25)21-28(20-26)29-22-32(30-7-3-5-13-34-30)36-33(23-29)31-8-4-6-14-35-31/h3-23H,1-2H3/q+2. The van der Waals surface area contributed by atoms with E-state index in [9.17, 15) is 0 Å². The first-order valence-electron chi connectivity index (χ1n) is 12.5. The normalized spacial score (nSPS) is 10.9. The molecule has 5 nitrogen and oxygen atoms in total. The molecular weight excluding hydrogens is 466 g/mol. The van der Waals surface area contributed by atoms with Gasteiger partial charge in [0.2, 0.25) is 0 Å². The van der Waals surface area contributed by atoms with Gasteiger partial charge in [0, 0.05) is 36.7 Å². The lowest BCUT2D eigenvalue weighted by Crippen LogP contribution is -2.25. The molecule has 0 aliphatic carbocycles. The van der Waals surface area contributed by atoms with Crippen LogP contribution in [0.1, 0.15) is 0 Å². The van der Waals surface area contributed by atoms with Crippen LogP contribution in [-0.4, -0.2) is 15.0 Å². The molecule has 0 bridgehead atoms. The van der Waals surface area contributed by atoms with Gasteiger partial charge in [0.1, 0.15) is 14.1 Å². The lowest BCUT2D eigenvalue weighted by molar-refractivity contribution is -0.671. The van der Waals surface area contributed by atoms with Gasteiger partial charge in [0.15, 0.2) is 24.8 Å². The molecule has 0 amide bonds. The van der Waals surface area contributed by atoms with E-state index in [0.29, 0.717) is 0 Å². The van der Waals surface area contributed by atoms with Crippen molar-refractivity contribution in [2.75, 3.05) is 0 Å². The Morgan fingerprint density at radius 1 is 0.421 bits per heavy atom. The monoisotopic (exact) mass is 493 g/mol. The third kappa shape index (κ3) is 4.95. The van der Waals surface area contributed by atoms with Crippen molar-refractivity contribution in [3.63, 3.8) is 0 Å². The molecule has 38 heavy (non-hydrogen) atoms. The van der Waals surface area contributed by atoms with Gasteiger partial charge in [-0.1, -0.05) is 12.1 Å². The molecule has 5 aromatic heterocycles. The van der Waals surface area contributed by atoms with Crippen LogP contribution in [-0.2, 0) is 14.1 Å². The average molecular weight is 494 g/mol. The Morgan fingerprint density at radius 3 is 1.21 bits per heavy atom. The zero-order valence-electron chi connectivity index (χ0n) is 21.4. The van der Waals surface area contributed by atoms with E-state index in [1.54, 1.807) is 12.4 Å². The van der Waals surface area contributed by atoms with Gasteiger partial charge in [-0.05, 0) is 88.0 Å². The van der Waals surface area contributed by atoms with Gasteiger partial charge in [0.25, 0.3) is 0 Å². The molecule has 0 fully saturated rings. The molecule has 0 radical (unpaired) electrons. The molecular formula is C33H27N5+2. The molecule has 5 heteroatoms. The van der Waals surface area contributed by atoms with Crippen molar-refractivity contribution in [2.24, 2.45) is 14.1 Å². The summed E-state index contributed by atoms with van der Waals surface area (Å²) in [5, 5.41) is 0. The second-order valence-electron chi connectivity index (χ2n) is 9.36. The van der Waals surface area contributed by atoms with Crippen molar-refractivity contribution >= 4 is 0 Å². The molecule has 0 aliphatic rings. The van der Waals surface area contributed by atoms with Gasteiger partial charge in [-0.3, -0.25) is 9.97 Å². The van der Waals surface area contributed by atoms with Crippen molar-refractivity contribution in [3.05, 3.63) is 128 Å². The first-order valence-corrected chi connectivity index (χ1v) is 12.5. The quantitative estimate of drug-likeness (QED) is 0.283. The third-order valence-electron chi connectivity index (χ3n) is 6.57. The Kier molecular flexibility index (Phi) is 6.24. The fourth-order valence-electron chi connectivity index (χ4n) is 4.50. The third-order valence-corrected chi connectivity index (χ3v) is 6.57. The summed E-state index contributed by atoms with van der Waals surface area (Å²) < 4.78 is 4.10. The fourth-order valence-corrected chi connectivity index (χ4v) is 4.50. The highest BCUT2D eigenvalue weighted by Crippen LogP contribution is 2.35. The minimum Gasteiger partial charge on any atom is -0.255 e. The SMILES string of the molecule is C[n+]1ccc(-c2cc(-c3cc[n+](C)cc3)cc(-c3cc(-c4ccccn4)nc(-c4ccccn4)c3)c2)cc1. The van der Waals surface area contributed by atoms with Crippen LogP contribution in [0.4, 0.5) is 0 Å². The van der Waals surface area contributed by atoms with Crippen molar-refractivity contribution in [1.29, 1.82) is 0 Å². The van der Waals surface area contributed by atoms with Gasteiger partial charge in [-0.25, -0.2) is 14.1 Å². The molecule has 0 atom stereocenters. The lowest BCUT2D eigenvalue weighted by atomic mass is 9.93. The van der Waals surface area contributed by atoms with Crippen LogP contribution in [0.3, 0.4) is 0 Å². The minimum absolute atomic E-state index is 0.814. The molecule has 0 saturated heterocycles. The van der Waals surface area contributed by atoms with Crippen LogP contribution in [0.5, 0.6) is 0 Å². The van der Waals surface area contributed by atoms with Crippen LogP contribution in [0, 0.1) is 0 Å². The highest BCUT2D eigenvalue weighted by atomic mass is 14.9. The molecule has 0 aliphatic heterocycles. The Bertz CT molecular complexity index is 1570. The maximum Gasteiger partial charge on any atom is 0.169 e. The largest absolute Gasteiger partial charge is 0.255 e. The molecule has 0 N–H and O–H groups in total. The number of hydrogen-bond acceptors (Lipinski definition) is 3. The van der Waals surface area contributed by atoms with E-state index < -0.39 is 0 Å². The van der Waals surface area contributed by atoms with Gasteiger partial charge < -0.3 is 0 Å². The molecule has 6 rings (SSSR count). The number of aryl methyl sites for hydroxylation is 2. The van der Waals surface area contributed by atoms with Crippen LogP contribution >= 0.6 is 0 Å². The van der Waals surface area contributed by atoms with Gasteiger partial charge in [-0.2, -0.15) is 0 Å². The summed E-state index contributed by atoms with van der Waals surface area (Å²) in [5.74, 6) is 0. The van der Waals surface area contributed by atoms with Crippen LogP contribution in [0.15, 0.2) is 128 Å². The maximum atomic E-state index is 4.95. The molecule has 0 unspecified atom stereocenters. The summed E-state index contributed by atoms with van der Waals surface area (Å²) in [6.07, 6.45) is 11.9. The summed E-state index contributed by atoms with van der Waals surface area (Å²) in [4.78, 5) is 14.1. The highest BCUT2D eigenvalue weighted by molar-refractivity contribution is 5.83. The second kappa shape index (κ2) is 10.1. The van der Waals surface area contributed by atoms with E-state index in [1.807, 2.05) is 59.6 Å². The molecule has 6 aromatic rings. The number of hydrogen-bond donors (Lipinski definition) is 0. The van der Waals surface area contributed by atoms with Crippen LogP contribution < -0.4 is 9.13 Å². The average Bonchev–Trinajstić information content (AvgIpc) is 2.98. The van der Waals surface area contributed by atoms with Crippen molar-refractivity contribution < 1.29 is 9.13 Å². The number of rotatable bonds is 5. The zero-order chi connectivity index (χ0) is 25.9.